The van der Waals surface area contributed by atoms with Gasteiger partial charge in [0.05, 0.1) is 6.04 Å². The van der Waals surface area contributed by atoms with E-state index in [0.717, 1.165) is 11.3 Å². The van der Waals surface area contributed by atoms with Crippen LogP contribution in [0.4, 0.5) is 10.5 Å². The first-order valence-electron chi connectivity index (χ1n) is 7.65. The van der Waals surface area contributed by atoms with Crippen molar-refractivity contribution in [2.45, 2.75) is 19.0 Å². The number of rotatable bonds is 4. The fraction of sp³-hybridized carbons (Fsp3) is 0.222. The molecule has 1 saturated heterocycles. The maximum atomic E-state index is 12.1. The second kappa shape index (κ2) is 6.96. The van der Waals surface area contributed by atoms with Gasteiger partial charge in [-0.05, 0) is 17.7 Å². The van der Waals surface area contributed by atoms with E-state index < -0.39 is 0 Å². The minimum Gasteiger partial charge on any atom is -0.336 e. The van der Waals surface area contributed by atoms with Crippen molar-refractivity contribution in [3.8, 4) is 0 Å². The first kappa shape index (κ1) is 15.1. The van der Waals surface area contributed by atoms with Gasteiger partial charge < -0.3 is 15.5 Å². The van der Waals surface area contributed by atoms with E-state index in [0.29, 0.717) is 19.5 Å². The van der Waals surface area contributed by atoms with Gasteiger partial charge in [0.2, 0.25) is 5.91 Å². The van der Waals surface area contributed by atoms with Crippen LogP contribution in [0.2, 0.25) is 0 Å². The minimum atomic E-state index is -0.282. The van der Waals surface area contributed by atoms with E-state index >= 15 is 0 Å². The molecule has 2 aromatic rings. The summed E-state index contributed by atoms with van der Waals surface area (Å²) in [5, 5.41) is 5.63. The van der Waals surface area contributed by atoms with Crippen molar-refractivity contribution in [3.63, 3.8) is 0 Å². The molecule has 0 unspecified atom stereocenters. The Morgan fingerprint density at radius 2 is 1.70 bits per heavy atom. The summed E-state index contributed by atoms with van der Waals surface area (Å²) in [5.74, 6) is 0.0684. The van der Waals surface area contributed by atoms with Gasteiger partial charge in [0.1, 0.15) is 0 Å². The summed E-state index contributed by atoms with van der Waals surface area (Å²) in [4.78, 5) is 25.9. The molecule has 23 heavy (non-hydrogen) atoms. The average molecular weight is 309 g/mol. The quantitative estimate of drug-likeness (QED) is 0.912. The van der Waals surface area contributed by atoms with Gasteiger partial charge in [-0.3, -0.25) is 4.79 Å². The van der Waals surface area contributed by atoms with Gasteiger partial charge in [-0.1, -0.05) is 48.5 Å². The topological polar surface area (TPSA) is 61.4 Å². The lowest BCUT2D eigenvalue weighted by Gasteiger charge is -2.17. The minimum absolute atomic E-state index is 0.0684. The lowest BCUT2D eigenvalue weighted by Crippen LogP contribution is -2.39. The smallest absolute Gasteiger partial charge is 0.319 e. The van der Waals surface area contributed by atoms with Crippen molar-refractivity contribution in [1.29, 1.82) is 0 Å². The van der Waals surface area contributed by atoms with Crippen LogP contribution < -0.4 is 10.6 Å². The molecule has 2 aromatic carbocycles. The molecule has 0 saturated carbocycles. The molecule has 3 rings (SSSR count). The molecule has 3 amide bonds. The van der Waals surface area contributed by atoms with Crippen molar-refractivity contribution in [2.75, 3.05) is 11.9 Å². The normalized spacial score (nSPS) is 17.1. The molecule has 1 atom stereocenters. The van der Waals surface area contributed by atoms with Crippen LogP contribution in [0.3, 0.4) is 0 Å². The zero-order valence-electron chi connectivity index (χ0n) is 12.7. The fourth-order valence-corrected chi connectivity index (χ4v) is 2.70. The molecule has 118 valence electrons. The third-order valence-electron chi connectivity index (χ3n) is 3.80. The van der Waals surface area contributed by atoms with Gasteiger partial charge in [0, 0.05) is 25.2 Å². The number of carbonyl (C=O) groups is 2. The fourth-order valence-electron chi connectivity index (χ4n) is 2.70. The largest absolute Gasteiger partial charge is 0.336 e. The standard InChI is InChI=1S/C18H19N3O2/c22-17-11-16(13-21(17)12-14-7-3-1-4-8-14)20-18(23)19-15-9-5-2-6-10-15/h1-10,16H,11-13H2,(H2,19,20,23)/t16-/m1/s1. The number of nitrogens with zero attached hydrogens (tertiary/aromatic N) is 1. The molecule has 0 radical (unpaired) electrons. The van der Waals surface area contributed by atoms with Crippen LogP contribution >= 0.6 is 0 Å². The highest BCUT2D eigenvalue weighted by Crippen LogP contribution is 2.15. The molecule has 1 heterocycles. The molecule has 0 aromatic heterocycles. The predicted molar refractivity (Wildman–Crippen MR) is 88.9 cm³/mol. The Kier molecular flexibility index (Phi) is 4.57. The van der Waals surface area contributed by atoms with E-state index in [1.165, 1.54) is 0 Å². The van der Waals surface area contributed by atoms with Crippen molar-refractivity contribution in [1.82, 2.24) is 10.2 Å². The van der Waals surface area contributed by atoms with Gasteiger partial charge in [0.15, 0.2) is 0 Å². The molecule has 1 aliphatic rings. The van der Waals surface area contributed by atoms with E-state index in [1.54, 1.807) is 4.90 Å². The number of anilines is 1. The summed E-state index contributed by atoms with van der Waals surface area (Å²) in [7, 11) is 0. The molecule has 2 N–H and O–H groups in total. The number of amides is 3. The van der Waals surface area contributed by atoms with Gasteiger partial charge in [-0.2, -0.15) is 0 Å². The summed E-state index contributed by atoms with van der Waals surface area (Å²) < 4.78 is 0. The molecule has 0 spiro atoms. The lowest BCUT2D eigenvalue weighted by atomic mass is 10.2. The first-order valence-corrected chi connectivity index (χ1v) is 7.65. The molecular weight excluding hydrogens is 290 g/mol. The number of nitrogens with one attached hydrogen (secondary N) is 2. The SMILES string of the molecule is O=C(Nc1ccccc1)N[C@@H]1CC(=O)N(Cc2ccccc2)C1. The van der Waals surface area contributed by atoms with Crippen LogP contribution in [-0.2, 0) is 11.3 Å². The summed E-state index contributed by atoms with van der Waals surface area (Å²) in [6.07, 6.45) is 0.342. The second-order valence-corrected chi connectivity index (χ2v) is 5.63. The summed E-state index contributed by atoms with van der Waals surface area (Å²) in [6, 6.07) is 18.7. The monoisotopic (exact) mass is 309 g/mol. The molecule has 1 aliphatic heterocycles. The Bertz CT molecular complexity index is 673. The Morgan fingerprint density at radius 1 is 1.04 bits per heavy atom. The van der Waals surface area contributed by atoms with Crippen LogP contribution in [0, 0.1) is 0 Å². The number of hydrogen-bond acceptors (Lipinski definition) is 2. The zero-order valence-corrected chi connectivity index (χ0v) is 12.7. The highest BCUT2D eigenvalue weighted by Gasteiger charge is 2.30. The second-order valence-electron chi connectivity index (χ2n) is 5.63. The van der Waals surface area contributed by atoms with E-state index in [9.17, 15) is 9.59 Å². The van der Waals surface area contributed by atoms with Crippen molar-refractivity contribution in [2.24, 2.45) is 0 Å². The van der Waals surface area contributed by atoms with Crippen LogP contribution in [0.5, 0.6) is 0 Å². The summed E-state index contributed by atoms with van der Waals surface area (Å²) >= 11 is 0. The third-order valence-corrected chi connectivity index (χ3v) is 3.80. The predicted octanol–water partition coefficient (Wildman–Crippen LogP) is 2.61. The molecule has 1 fully saturated rings. The number of likely N-dealkylation sites (tertiary alicyclic amines) is 1. The van der Waals surface area contributed by atoms with Crippen LogP contribution in [0.25, 0.3) is 0 Å². The molecule has 5 heteroatoms. The van der Waals surface area contributed by atoms with Crippen LogP contribution in [-0.4, -0.2) is 29.4 Å². The Labute approximate surface area is 135 Å². The van der Waals surface area contributed by atoms with Gasteiger partial charge in [0.25, 0.3) is 0 Å². The molecule has 0 bridgehead atoms. The summed E-state index contributed by atoms with van der Waals surface area (Å²) in [6.45, 7) is 1.12. The number of benzene rings is 2. The van der Waals surface area contributed by atoms with Crippen molar-refractivity contribution < 1.29 is 9.59 Å². The van der Waals surface area contributed by atoms with Crippen LogP contribution in [0.15, 0.2) is 60.7 Å². The van der Waals surface area contributed by atoms with E-state index in [1.807, 2.05) is 60.7 Å². The molecular formula is C18H19N3O2. The highest BCUT2D eigenvalue weighted by molar-refractivity contribution is 5.90. The van der Waals surface area contributed by atoms with E-state index in [-0.39, 0.29) is 18.0 Å². The molecule has 0 aliphatic carbocycles. The van der Waals surface area contributed by atoms with Gasteiger partial charge in [-0.25, -0.2) is 4.79 Å². The third kappa shape index (κ3) is 4.10. The van der Waals surface area contributed by atoms with Crippen molar-refractivity contribution in [3.05, 3.63) is 66.2 Å². The zero-order chi connectivity index (χ0) is 16.1. The first-order chi connectivity index (χ1) is 11.2. The Morgan fingerprint density at radius 3 is 2.39 bits per heavy atom. The Balaban J connectivity index is 1.52. The Hall–Kier alpha value is -2.82. The number of hydrogen-bond donors (Lipinski definition) is 2. The van der Waals surface area contributed by atoms with Crippen molar-refractivity contribution >= 4 is 17.6 Å². The summed E-state index contributed by atoms with van der Waals surface area (Å²) in [5.41, 5.74) is 1.82. The highest BCUT2D eigenvalue weighted by atomic mass is 16.2. The maximum absolute atomic E-state index is 12.1. The van der Waals surface area contributed by atoms with Crippen LogP contribution in [0.1, 0.15) is 12.0 Å². The molecule has 5 nitrogen and oxygen atoms in total. The number of urea groups is 1. The maximum Gasteiger partial charge on any atom is 0.319 e. The van der Waals surface area contributed by atoms with Gasteiger partial charge in [-0.15, -0.1) is 0 Å². The lowest BCUT2D eigenvalue weighted by molar-refractivity contribution is -0.128. The van der Waals surface area contributed by atoms with Gasteiger partial charge >= 0.3 is 6.03 Å². The van der Waals surface area contributed by atoms with E-state index in [2.05, 4.69) is 10.6 Å². The number of para-hydroxylation sites is 1. The van der Waals surface area contributed by atoms with E-state index in [4.69, 9.17) is 0 Å². The average Bonchev–Trinajstić information content (AvgIpc) is 2.88. The number of carbonyl (C=O) groups excluding carboxylic acids is 2.